The topological polar surface area (TPSA) is 119 Å². The SMILES string of the molecule is CC(O)C(=O)OC(C)C(=O)O.N.[Ca+2].[H-].[H-]. The number of carbonyl (C=O) groups excluding carboxylic acids is 1. The molecule has 6 nitrogen and oxygen atoms in total. The number of hydrogen-bond acceptors (Lipinski definition) is 5. The van der Waals surface area contributed by atoms with E-state index in [2.05, 4.69) is 4.74 Å². The quantitative estimate of drug-likeness (QED) is 0.432. The number of carboxylic acids is 1. The van der Waals surface area contributed by atoms with E-state index >= 15 is 0 Å². The maximum atomic E-state index is 10.5. The first-order valence-electron chi connectivity index (χ1n) is 3.06. The second-order valence-electron chi connectivity index (χ2n) is 2.09. The van der Waals surface area contributed by atoms with Gasteiger partial charge in [0.15, 0.2) is 6.10 Å². The van der Waals surface area contributed by atoms with Crippen LogP contribution >= 0.6 is 0 Å². The van der Waals surface area contributed by atoms with Crippen LogP contribution in [0.2, 0.25) is 0 Å². The molecule has 0 radical (unpaired) electrons. The van der Waals surface area contributed by atoms with Gasteiger partial charge in [-0.05, 0) is 13.8 Å². The summed E-state index contributed by atoms with van der Waals surface area (Å²) >= 11 is 0. The van der Waals surface area contributed by atoms with Crippen molar-refractivity contribution in [2.45, 2.75) is 26.1 Å². The van der Waals surface area contributed by atoms with E-state index in [-0.39, 0.29) is 46.7 Å². The first-order chi connectivity index (χ1) is 4.95. The van der Waals surface area contributed by atoms with Gasteiger partial charge in [0, 0.05) is 0 Å². The third-order valence-electron chi connectivity index (χ3n) is 0.982. The van der Waals surface area contributed by atoms with Crippen molar-refractivity contribution in [1.29, 1.82) is 0 Å². The fraction of sp³-hybridized carbons (Fsp3) is 0.667. The summed E-state index contributed by atoms with van der Waals surface area (Å²) in [5.41, 5.74) is 0. The van der Waals surface area contributed by atoms with Gasteiger partial charge in [-0.3, -0.25) is 0 Å². The van der Waals surface area contributed by atoms with Gasteiger partial charge in [-0.1, -0.05) is 0 Å². The Morgan fingerprint density at radius 1 is 1.38 bits per heavy atom. The van der Waals surface area contributed by atoms with Gasteiger partial charge in [0.2, 0.25) is 0 Å². The molecule has 13 heavy (non-hydrogen) atoms. The maximum absolute atomic E-state index is 10.5. The fourth-order valence-electron chi connectivity index (χ4n) is 0.323. The van der Waals surface area contributed by atoms with Crippen LogP contribution in [-0.2, 0) is 14.3 Å². The number of aliphatic hydroxyl groups excluding tert-OH is 1. The normalized spacial score (nSPS) is 12.8. The minimum absolute atomic E-state index is 0. The maximum Gasteiger partial charge on any atom is 2.00 e. The van der Waals surface area contributed by atoms with Crippen molar-refractivity contribution in [3.8, 4) is 0 Å². The predicted octanol–water partition coefficient (Wildman–Crippen LogP) is -0.610. The predicted molar refractivity (Wildman–Crippen MR) is 47.9 cm³/mol. The molecule has 2 unspecified atom stereocenters. The minimum atomic E-state index is -1.28. The molecular weight excluding hydrogens is 206 g/mol. The van der Waals surface area contributed by atoms with Crippen molar-refractivity contribution >= 4 is 49.7 Å². The molecule has 0 rings (SSSR count). The molecule has 0 saturated heterocycles. The van der Waals surface area contributed by atoms with E-state index in [4.69, 9.17) is 10.2 Å². The Morgan fingerprint density at radius 3 is 2.00 bits per heavy atom. The standard InChI is InChI=1S/C6H10O5.Ca.H3N.2H/c1-3(7)6(10)11-4(2)5(8)9;;;;/h3-4,7H,1-2H3,(H,8,9);;1H3;;/q;+2;;2*-1. The Hall–Kier alpha value is 0.120. The molecule has 0 aliphatic carbocycles. The third-order valence-corrected chi connectivity index (χ3v) is 0.982. The smallest absolute Gasteiger partial charge is 1.00 e. The van der Waals surface area contributed by atoms with Crippen LogP contribution in [0.4, 0.5) is 0 Å². The summed E-state index contributed by atoms with van der Waals surface area (Å²) in [6, 6.07) is 0. The molecule has 0 aromatic heterocycles. The van der Waals surface area contributed by atoms with Crippen LogP contribution in [0.25, 0.3) is 0 Å². The molecule has 0 amide bonds. The van der Waals surface area contributed by atoms with E-state index < -0.39 is 24.1 Å². The van der Waals surface area contributed by atoms with Crippen molar-refractivity contribution in [3.63, 3.8) is 0 Å². The Kier molecular flexibility index (Phi) is 12.6. The Bertz CT molecular complexity index is 181. The van der Waals surface area contributed by atoms with Crippen LogP contribution in [0, 0.1) is 0 Å². The summed E-state index contributed by atoms with van der Waals surface area (Å²) < 4.78 is 4.28. The molecule has 2 atom stereocenters. The summed E-state index contributed by atoms with van der Waals surface area (Å²) in [5.74, 6) is -2.17. The van der Waals surface area contributed by atoms with Crippen LogP contribution in [0.15, 0.2) is 0 Å². The number of carbonyl (C=O) groups is 2. The van der Waals surface area contributed by atoms with Crippen molar-refractivity contribution < 1.29 is 27.4 Å². The van der Waals surface area contributed by atoms with Crippen LogP contribution in [0.3, 0.4) is 0 Å². The van der Waals surface area contributed by atoms with Crippen molar-refractivity contribution in [2.24, 2.45) is 0 Å². The summed E-state index contributed by atoms with van der Waals surface area (Å²) in [6.07, 6.45) is -2.49. The molecular formula is C6H15CaNO5. The third kappa shape index (κ3) is 8.45. The minimum Gasteiger partial charge on any atom is -1.00 e. The average Bonchev–Trinajstić information content (AvgIpc) is 1.87. The van der Waals surface area contributed by atoms with Gasteiger partial charge in [-0.25, -0.2) is 9.59 Å². The molecule has 5 N–H and O–H groups in total. The van der Waals surface area contributed by atoms with E-state index in [9.17, 15) is 9.59 Å². The largest absolute Gasteiger partial charge is 2.00 e. The van der Waals surface area contributed by atoms with Crippen molar-refractivity contribution in [1.82, 2.24) is 6.15 Å². The van der Waals surface area contributed by atoms with E-state index in [1.165, 1.54) is 13.8 Å². The van der Waals surface area contributed by atoms with Gasteiger partial charge in [0.1, 0.15) is 6.10 Å². The van der Waals surface area contributed by atoms with Gasteiger partial charge in [-0.15, -0.1) is 0 Å². The van der Waals surface area contributed by atoms with Gasteiger partial charge < -0.3 is 24.0 Å². The average molecular weight is 221 g/mol. The van der Waals surface area contributed by atoms with Crippen LogP contribution in [0.1, 0.15) is 16.7 Å². The fourth-order valence-corrected chi connectivity index (χ4v) is 0.323. The molecule has 76 valence electrons. The summed E-state index contributed by atoms with van der Waals surface area (Å²) in [6.45, 7) is 2.42. The second-order valence-corrected chi connectivity index (χ2v) is 2.09. The van der Waals surface area contributed by atoms with Crippen LogP contribution in [0.5, 0.6) is 0 Å². The zero-order valence-corrected chi connectivity index (χ0v) is 9.90. The number of aliphatic hydroxyl groups is 1. The summed E-state index contributed by atoms with van der Waals surface area (Å²) in [4.78, 5) is 20.6. The molecule has 0 heterocycles. The van der Waals surface area contributed by atoms with E-state index in [1.54, 1.807) is 0 Å². The van der Waals surface area contributed by atoms with Gasteiger partial charge >= 0.3 is 49.7 Å². The molecule has 0 saturated carbocycles. The van der Waals surface area contributed by atoms with Crippen molar-refractivity contribution in [3.05, 3.63) is 0 Å². The zero-order valence-electron chi connectivity index (χ0n) is 9.69. The number of hydrogen-bond donors (Lipinski definition) is 3. The first-order valence-corrected chi connectivity index (χ1v) is 3.06. The number of rotatable bonds is 3. The van der Waals surface area contributed by atoms with Gasteiger partial charge in [0.25, 0.3) is 0 Å². The number of aliphatic carboxylic acids is 1. The Labute approximate surface area is 109 Å². The number of ether oxygens (including phenoxy) is 1. The van der Waals surface area contributed by atoms with Crippen LogP contribution in [-0.4, -0.2) is 72.1 Å². The zero-order chi connectivity index (χ0) is 9.02. The second kappa shape index (κ2) is 8.71. The molecule has 0 fully saturated rings. The van der Waals surface area contributed by atoms with Crippen molar-refractivity contribution in [2.75, 3.05) is 0 Å². The molecule has 0 aromatic carbocycles. The number of esters is 1. The summed E-state index contributed by atoms with van der Waals surface area (Å²) in [5, 5.41) is 16.8. The molecule has 0 bridgehead atoms. The van der Waals surface area contributed by atoms with E-state index in [0.29, 0.717) is 0 Å². The molecule has 0 aromatic rings. The molecule has 0 aliphatic heterocycles. The molecule has 0 aliphatic rings. The molecule has 7 heteroatoms. The van der Waals surface area contributed by atoms with Crippen LogP contribution < -0.4 is 6.15 Å². The molecule has 0 spiro atoms. The first kappa shape index (κ1) is 18.8. The Morgan fingerprint density at radius 2 is 1.77 bits per heavy atom. The number of carboxylic acid groups (broad SMARTS) is 1. The monoisotopic (exact) mass is 221 g/mol. The van der Waals surface area contributed by atoms with Gasteiger partial charge in [0.05, 0.1) is 0 Å². The van der Waals surface area contributed by atoms with E-state index in [1.807, 2.05) is 0 Å². The van der Waals surface area contributed by atoms with E-state index in [0.717, 1.165) is 0 Å². The Balaban J connectivity index is -0.0000000833. The summed E-state index contributed by atoms with van der Waals surface area (Å²) in [7, 11) is 0. The van der Waals surface area contributed by atoms with Gasteiger partial charge in [-0.2, -0.15) is 0 Å².